The third-order valence-corrected chi connectivity index (χ3v) is 6.11. The van der Waals surface area contributed by atoms with Gasteiger partial charge in [0.25, 0.3) is 0 Å². The zero-order valence-electron chi connectivity index (χ0n) is 15.3. The summed E-state index contributed by atoms with van der Waals surface area (Å²) < 4.78 is 41.0. The fourth-order valence-electron chi connectivity index (χ4n) is 2.58. The smallest absolute Gasteiger partial charge is 0.319 e. The molecule has 0 aliphatic carbocycles. The highest BCUT2D eigenvalue weighted by atomic mass is 32.2. The Bertz CT molecular complexity index is 738. The van der Waals surface area contributed by atoms with E-state index in [1.165, 1.54) is 32.6 Å². The zero-order valence-corrected chi connectivity index (χ0v) is 16.1. The molecule has 0 saturated carbocycles. The average Bonchev–Trinajstić information content (AvgIpc) is 3.00. The Labute approximate surface area is 153 Å². The molecule has 26 heavy (non-hydrogen) atoms. The van der Waals surface area contributed by atoms with Crippen molar-refractivity contribution in [2.24, 2.45) is 5.92 Å². The summed E-state index contributed by atoms with van der Waals surface area (Å²) >= 11 is 0. The molecule has 1 fully saturated rings. The van der Waals surface area contributed by atoms with E-state index in [2.05, 4.69) is 10.6 Å². The Morgan fingerprint density at radius 3 is 2.62 bits per heavy atom. The van der Waals surface area contributed by atoms with Crippen LogP contribution in [0.3, 0.4) is 0 Å². The summed E-state index contributed by atoms with van der Waals surface area (Å²) in [5, 5.41) is 5.47. The van der Waals surface area contributed by atoms with Gasteiger partial charge in [-0.05, 0) is 12.1 Å². The number of ether oxygens (including phenoxy) is 3. The first kappa shape index (κ1) is 20.3. The predicted octanol–water partition coefficient (Wildman–Crippen LogP) is 0.732. The second kappa shape index (κ2) is 8.56. The third kappa shape index (κ3) is 4.99. The van der Waals surface area contributed by atoms with Gasteiger partial charge in [0.2, 0.25) is 10.0 Å². The molecule has 0 bridgehead atoms. The molecular weight excluding hydrogens is 362 g/mol. The lowest BCUT2D eigenvalue weighted by Crippen LogP contribution is -2.45. The maximum absolute atomic E-state index is 12.3. The van der Waals surface area contributed by atoms with E-state index in [-0.39, 0.29) is 24.9 Å². The van der Waals surface area contributed by atoms with Gasteiger partial charge in [-0.2, -0.15) is 0 Å². The van der Waals surface area contributed by atoms with E-state index in [1.807, 2.05) is 0 Å². The molecule has 1 saturated heterocycles. The van der Waals surface area contributed by atoms with Gasteiger partial charge in [-0.15, -0.1) is 0 Å². The number of hydrogen-bond donors (Lipinski definition) is 2. The van der Waals surface area contributed by atoms with Gasteiger partial charge < -0.3 is 24.8 Å². The zero-order chi connectivity index (χ0) is 19.3. The molecule has 0 unspecified atom stereocenters. The third-order valence-electron chi connectivity index (χ3n) is 4.15. The van der Waals surface area contributed by atoms with Crippen LogP contribution in [-0.4, -0.2) is 72.1 Å². The number of benzene rings is 1. The standard InChI is InChI=1S/C16H25N3O6S/c1-19(2)26(21,22)10-11-8-25-9-14(11)18-16(20)17-13-7-12(23-3)5-6-15(13)24-4/h5-7,11,14H,8-10H2,1-4H3,(H2,17,18,20)/t11-,14-/m0/s1. The summed E-state index contributed by atoms with van der Waals surface area (Å²) in [4.78, 5) is 12.3. The van der Waals surface area contributed by atoms with Crippen molar-refractivity contribution < 1.29 is 27.4 Å². The van der Waals surface area contributed by atoms with Crippen molar-refractivity contribution in [3.8, 4) is 11.5 Å². The van der Waals surface area contributed by atoms with Crippen molar-refractivity contribution in [1.82, 2.24) is 9.62 Å². The highest BCUT2D eigenvalue weighted by Crippen LogP contribution is 2.29. The second-order valence-electron chi connectivity index (χ2n) is 6.13. The van der Waals surface area contributed by atoms with Crippen molar-refractivity contribution in [1.29, 1.82) is 0 Å². The van der Waals surface area contributed by atoms with Crippen LogP contribution in [0.2, 0.25) is 0 Å². The Hall–Kier alpha value is -2.04. The van der Waals surface area contributed by atoms with Gasteiger partial charge in [-0.3, -0.25) is 0 Å². The Kier molecular flexibility index (Phi) is 6.68. The number of nitrogens with one attached hydrogen (secondary N) is 2. The largest absolute Gasteiger partial charge is 0.497 e. The van der Waals surface area contributed by atoms with Gasteiger partial charge in [-0.25, -0.2) is 17.5 Å². The van der Waals surface area contributed by atoms with E-state index in [1.54, 1.807) is 18.2 Å². The normalized spacial score (nSPS) is 20.0. The lowest BCUT2D eigenvalue weighted by atomic mass is 10.1. The first-order valence-electron chi connectivity index (χ1n) is 8.04. The number of urea groups is 1. The lowest BCUT2D eigenvalue weighted by molar-refractivity contribution is 0.184. The van der Waals surface area contributed by atoms with Crippen LogP contribution in [0.5, 0.6) is 11.5 Å². The number of amides is 2. The Morgan fingerprint density at radius 2 is 2.00 bits per heavy atom. The molecular formula is C16H25N3O6S. The van der Waals surface area contributed by atoms with Gasteiger partial charge in [0.1, 0.15) is 11.5 Å². The summed E-state index contributed by atoms with van der Waals surface area (Å²) in [6.45, 7) is 0.538. The maximum Gasteiger partial charge on any atom is 0.319 e. The number of methoxy groups -OCH3 is 2. The highest BCUT2D eigenvalue weighted by Gasteiger charge is 2.34. The highest BCUT2D eigenvalue weighted by molar-refractivity contribution is 7.89. The van der Waals surface area contributed by atoms with E-state index < -0.39 is 22.1 Å². The minimum Gasteiger partial charge on any atom is -0.497 e. The molecule has 0 spiro atoms. The number of carbonyl (C=O) groups is 1. The number of rotatable bonds is 7. The molecule has 0 aromatic heterocycles. The van der Waals surface area contributed by atoms with Crippen molar-refractivity contribution in [2.75, 3.05) is 52.6 Å². The van der Waals surface area contributed by atoms with Crippen LogP contribution < -0.4 is 20.1 Å². The van der Waals surface area contributed by atoms with Gasteiger partial charge >= 0.3 is 6.03 Å². The van der Waals surface area contributed by atoms with Crippen LogP contribution in [0, 0.1) is 5.92 Å². The minimum atomic E-state index is -3.38. The van der Waals surface area contributed by atoms with E-state index in [0.29, 0.717) is 17.2 Å². The van der Waals surface area contributed by atoms with E-state index in [4.69, 9.17) is 14.2 Å². The Balaban J connectivity index is 2.03. The SMILES string of the molecule is COc1ccc(OC)c(NC(=O)N[C@H]2COC[C@H]2CS(=O)(=O)N(C)C)c1. The van der Waals surface area contributed by atoms with Crippen LogP contribution in [0.1, 0.15) is 0 Å². The van der Waals surface area contributed by atoms with Gasteiger partial charge in [-0.1, -0.05) is 0 Å². The predicted molar refractivity (Wildman–Crippen MR) is 97.3 cm³/mol. The monoisotopic (exact) mass is 387 g/mol. The summed E-state index contributed by atoms with van der Waals surface area (Å²) in [5.41, 5.74) is 0.445. The molecule has 2 rings (SSSR count). The van der Waals surface area contributed by atoms with E-state index in [9.17, 15) is 13.2 Å². The molecule has 2 N–H and O–H groups in total. The van der Waals surface area contributed by atoms with Gasteiger partial charge in [0.05, 0.1) is 44.9 Å². The summed E-state index contributed by atoms with van der Waals surface area (Å²) in [5.74, 6) is 0.643. The van der Waals surface area contributed by atoms with Crippen LogP contribution in [-0.2, 0) is 14.8 Å². The van der Waals surface area contributed by atoms with Crippen molar-refractivity contribution in [3.05, 3.63) is 18.2 Å². The van der Waals surface area contributed by atoms with Crippen LogP contribution in [0.4, 0.5) is 10.5 Å². The van der Waals surface area contributed by atoms with Crippen molar-refractivity contribution >= 4 is 21.7 Å². The lowest BCUT2D eigenvalue weighted by Gasteiger charge is -2.21. The van der Waals surface area contributed by atoms with Gasteiger partial charge in [0, 0.05) is 26.1 Å². The molecule has 1 aliphatic heterocycles. The van der Waals surface area contributed by atoms with Crippen LogP contribution in [0.25, 0.3) is 0 Å². The summed E-state index contributed by atoms with van der Waals surface area (Å²) in [6, 6.07) is 4.16. The quantitative estimate of drug-likeness (QED) is 0.715. The molecule has 10 heteroatoms. The fourth-order valence-corrected chi connectivity index (χ4v) is 3.75. The van der Waals surface area contributed by atoms with Crippen molar-refractivity contribution in [2.45, 2.75) is 6.04 Å². The molecule has 2 atom stereocenters. The van der Waals surface area contributed by atoms with E-state index >= 15 is 0 Å². The summed E-state index contributed by atoms with van der Waals surface area (Å²) in [6.07, 6.45) is 0. The first-order valence-corrected chi connectivity index (χ1v) is 9.65. The molecule has 1 aliphatic rings. The van der Waals surface area contributed by atoms with E-state index in [0.717, 1.165) is 0 Å². The molecule has 1 aromatic carbocycles. The molecule has 9 nitrogen and oxygen atoms in total. The number of carbonyl (C=O) groups excluding carboxylic acids is 1. The first-order chi connectivity index (χ1) is 12.3. The molecule has 2 amide bonds. The number of anilines is 1. The Morgan fingerprint density at radius 1 is 1.27 bits per heavy atom. The second-order valence-corrected chi connectivity index (χ2v) is 8.36. The molecule has 1 heterocycles. The fraction of sp³-hybridized carbons (Fsp3) is 0.562. The number of hydrogen-bond acceptors (Lipinski definition) is 6. The summed E-state index contributed by atoms with van der Waals surface area (Å²) in [7, 11) is 2.60. The maximum atomic E-state index is 12.3. The van der Waals surface area contributed by atoms with Crippen LogP contribution >= 0.6 is 0 Å². The molecule has 0 radical (unpaired) electrons. The van der Waals surface area contributed by atoms with Crippen molar-refractivity contribution in [3.63, 3.8) is 0 Å². The number of sulfonamides is 1. The topological polar surface area (TPSA) is 106 Å². The minimum absolute atomic E-state index is 0.0899. The molecule has 146 valence electrons. The molecule has 1 aromatic rings. The number of nitrogens with zero attached hydrogens (tertiary/aromatic N) is 1. The van der Waals surface area contributed by atoms with Gasteiger partial charge in [0.15, 0.2) is 0 Å². The average molecular weight is 387 g/mol. The van der Waals surface area contributed by atoms with Crippen LogP contribution in [0.15, 0.2) is 18.2 Å².